The molecule has 16 heavy (non-hydrogen) atoms. The molecule has 0 amide bonds. The standard InChI is InChI=1S/C11H7FN4/c12-9-3-1-2-4-10(9)16-11-7-14-8(5-13)6-15-11/h1-4,6-7H,(H,15,16). The SMILES string of the molecule is N#Cc1cnc(Nc2ccccc2F)cn1. The number of nitriles is 1. The van der Waals surface area contributed by atoms with Gasteiger partial charge in [0.25, 0.3) is 0 Å². The van der Waals surface area contributed by atoms with Gasteiger partial charge in [0.15, 0.2) is 5.69 Å². The lowest BCUT2D eigenvalue weighted by Gasteiger charge is -2.05. The molecule has 1 aromatic carbocycles. The Kier molecular flexibility index (Phi) is 2.74. The average molecular weight is 214 g/mol. The molecule has 0 saturated carbocycles. The van der Waals surface area contributed by atoms with Crippen LogP contribution in [0.5, 0.6) is 0 Å². The molecule has 0 unspecified atom stereocenters. The van der Waals surface area contributed by atoms with Gasteiger partial charge in [-0.05, 0) is 12.1 Å². The number of benzene rings is 1. The van der Waals surface area contributed by atoms with Gasteiger partial charge in [0.05, 0.1) is 18.1 Å². The smallest absolute Gasteiger partial charge is 0.158 e. The molecule has 1 heterocycles. The summed E-state index contributed by atoms with van der Waals surface area (Å²) in [6, 6.07) is 8.11. The van der Waals surface area contributed by atoms with E-state index in [0.717, 1.165) is 0 Å². The summed E-state index contributed by atoms with van der Waals surface area (Å²) in [4.78, 5) is 7.74. The molecule has 78 valence electrons. The molecule has 4 nitrogen and oxygen atoms in total. The molecule has 2 aromatic rings. The Morgan fingerprint density at radius 3 is 2.62 bits per heavy atom. The first kappa shape index (κ1) is 10.1. The van der Waals surface area contributed by atoms with Crippen LogP contribution in [0, 0.1) is 17.1 Å². The molecule has 0 aliphatic heterocycles. The number of hydrogen-bond acceptors (Lipinski definition) is 4. The fraction of sp³-hybridized carbons (Fsp3) is 0. The van der Waals surface area contributed by atoms with Gasteiger partial charge in [0.2, 0.25) is 0 Å². The number of nitrogens with one attached hydrogen (secondary N) is 1. The number of anilines is 2. The molecule has 0 radical (unpaired) electrons. The molecule has 0 atom stereocenters. The second kappa shape index (κ2) is 4.36. The van der Waals surface area contributed by atoms with Gasteiger partial charge in [0.1, 0.15) is 17.7 Å². The lowest BCUT2D eigenvalue weighted by Crippen LogP contribution is -1.97. The minimum atomic E-state index is -0.367. The maximum absolute atomic E-state index is 13.3. The van der Waals surface area contributed by atoms with Crippen molar-refractivity contribution in [1.82, 2.24) is 9.97 Å². The van der Waals surface area contributed by atoms with Crippen molar-refractivity contribution in [1.29, 1.82) is 5.26 Å². The van der Waals surface area contributed by atoms with E-state index in [1.807, 2.05) is 6.07 Å². The van der Waals surface area contributed by atoms with Gasteiger partial charge in [0, 0.05) is 0 Å². The average Bonchev–Trinajstić information content (AvgIpc) is 2.33. The molecule has 1 aromatic heterocycles. The Hall–Kier alpha value is -2.48. The van der Waals surface area contributed by atoms with Crippen molar-refractivity contribution in [2.24, 2.45) is 0 Å². The zero-order valence-corrected chi connectivity index (χ0v) is 8.18. The fourth-order valence-electron chi connectivity index (χ4n) is 1.15. The van der Waals surface area contributed by atoms with Gasteiger partial charge < -0.3 is 5.32 Å². The topological polar surface area (TPSA) is 61.6 Å². The van der Waals surface area contributed by atoms with Crippen LogP contribution in [0.15, 0.2) is 36.7 Å². The highest BCUT2D eigenvalue weighted by atomic mass is 19.1. The number of aromatic nitrogens is 2. The van der Waals surface area contributed by atoms with Crippen LogP contribution < -0.4 is 5.32 Å². The quantitative estimate of drug-likeness (QED) is 0.832. The summed E-state index contributed by atoms with van der Waals surface area (Å²) in [5.41, 5.74) is 0.542. The van der Waals surface area contributed by atoms with Crippen LogP contribution in [0.1, 0.15) is 5.69 Å². The Morgan fingerprint density at radius 2 is 2.00 bits per heavy atom. The van der Waals surface area contributed by atoms with E-state index in [9.17, 15) is 4.39 Å². The molecule has 2 rings (SSSR count). The number of para-hydroxylation sites is 1. The number of rotatable bonds is 2. The first-order chi connectivity index (χ1) is 7.79. The zero-order valence-electron chi connectivity index (χ0n) is 8.18. The highest BCUT2D eigenvalue weighted by Crippen LogP contribution is 2.16. The zero-order chi connectivity index (χ0) is 11.4. The number of hydrogen-bond donors (Lipinski definition) is 1. The van der Waals surface area contributed by atoms with E-state index in [1.165, 1.54) is 18.5 Å². The summed E-state index contributed by atoms with van der Waals surface area (Å²) in [7, 11) is 0. The number of halogens is 1. The van der Waals surface area contributed by atoms with Gasteiger partial charge in [-0.15, -0.1) is 0 Å². The molecule has 0 bridgehead atoms. The van der Waals surface area contributed by atoms with Crippen molar-refractivity contribution in [3.8, 4) is 6.07 Å². The van der Waals surface area contributed by atoms with Crippen LogP contribution in [-0.4, -0.2) is 9.97 Å². The van der Waals surface area contributed by atoms with E-state index >= 15 is 0 Å². The van der Waals surface area contributed by atoms with E-state index in [-0.39, 0.29) is 11.5 Å². The van der Waals surface area contributed by atoms with Crippen molar-refractivity contribution >= 4 is 11.5 Å². The molecular formula is C11H7FN4. The van der Waals surface area contributed by atoms with Gasteiger partial charge in [-0.25, -0.2) is 14.4 Å². The van der Waals surface area contributed by atoms with Crippen LogP contribution in [0.3, 0.4) is 0 Å². The Balaban J connectivity index is 2.22. The second-order valence-corrected chi connectivity index (χ2v) is 3.00. The fourth-order valence-corrected chi connectivity index (χ4v) is 1.15. The summed E-state index contributed by atoms with van der Waals surface area (Å²) < 4.78 is 13.3. The largest absolute Gasteiger partial charge is 0.337 e. The lowest BCUT2D eigenvalue weighted by molar-refractivity contribution is 0.632. The Labute approximate surface area is 91.4 Å². The maximum atomic E-state index is 13.3. The normalized spacial score (nSPS) is 9.50. The summed E-state index contributed by atoms with van der Waals surface area (Å²) >= 11 is 0. The first-order valence-corrected chi connectivity index (χ1v) is 4.53. The van der Waals surface area contributed by atoms with Crippen molar-refractivity contribution in [3.63, 3.8) is 0 Å². The van der Waals surface area contributed by atoms with Crippen LogP contribution in [0.2, 0.25) is 0 Å². The Bertz CT molecular complexity index is 530. The van der Waals surface area contributed by atoms with E-state index in [4.69, 9.17) is 5.26 Å². The highest BCUT2D eigenvalue weighted by Gasteiger charge is 2.01. The second-order valence-electron chi connectivity index (χ2n) is 3.00. The molecular weight excluding hydrogens is 207 g/mol. The first-order valence-electron chi connectivity index (χ1n) is 4.53. The predicted octanol–water partition coefficient (Wildman–Crippen LogP) is 2.23. The molecule has 0 spiro atoms. The monoisotopic (exact) mass is 214 g/mol. The van der Waals surface area contributed by atoms with Gasteiger partial charge in [-0.1, -0.05) is 12.1 Å². The summed E-state index contributed by atoms with van der Waals surface area (Å²) in [5.74, 6) is 0.0257. The maximum Gasteiger partial charge on any atom is 0.158 e. The van der Waals surface area contributed by atoms with E-state index in [0.29, 0.717) is 11.5 Å². The third-order valence-electron chi connectivity index (χ3n) is 1.90. The molecule has 0 saturated heterocycles. The molecule has 0 aliphatic carbocycles. The summed E-state index contributed by atoms with van der Waals surface area (Å²) in [5, 5.41) is 11.3. The van der Waals surface area contributed by atoms with Crippen molar-refractivity contribution < 1.29 is 4.39 Å². The highest BCUT2D eigenvalue weighted by molar-refractivity contribution is 5.55. The minimum Gasteiger partial charge on any atom is -0.337 e. The lowest BCUT2D eigenvalue weighted by atomic mass is 10.3. The molecule has 1 N–H and O–H groups in total. The summed E-state index contributed by atoms with van der Waals surface area (Å²) in [6.45, 7) is 0. The van der Waals surface area contributed by atoms with Gasteiger partial charge in [-0.3, -0.25) is 0 Å². The van der Waals surface area contributed by atoms with Gasteiger partial charge >= 0.3 is 0 Å². The van der Waals surface area contributed by atoms with Crippen LogP contribution >= 0.6 is 0 Å². The van der Waals surface area contributed by atoms with E-state index < -0.39 is 0 Å². The van der Waals surface area contributed by atoms with Crippen LogP contribution in [0.4, 0.5) is 15.9 Å². The van der Waals surface area contributed by atoms with Gasteiger partial charge in [-0.2, -0.15) is 5.26 Å². The molecule has 0 fully saturated rings. The summed E-state index contributed by atoms with van der Waals surface area (Å²) in [6.07, 6.45) is 2.70. The minimum absolute atomic E-state index is 0.221. The van der Waals surface area contributed by atoms with E-state index in [2.05, 4.69) is 15.3 Å². The third kappa shape index (κ3) is 2.12. The van der Waals surface area contributed by atoms with Crippen molar-refractivity contribution in [3.05, 3.63) is 48.2 Å². The molecule has 0 aliphatic rings. The molecule has 5 heteroatoms. The Morgan fingerprint density at radius 1 is 1.19 bits per heavy atom. The van der Waals surface area contributed by atoms with Crippen molar-refractivity contribution in [2.75, 3.05) is 5.32 Å². The third-order valence-corrected chi connectivity index (χ3v) is 1.90. The van der Waals surface area contributed by atoms with Crippen molar-refractivity contribution in [2.45, 2.75) is 0 Å². The van der Waals surface area contributed by atoms with Crippen LogP contribution in [0.25, 0.3) is 0 Å². The van der Waals surface area contributed by atoms with Crippen LogP contribution in [-0.2, 0) is 0 Å². The van der Waals surface area contributed by atoms with E-state index in [1.54, 1.807) is 18.2 Å². The predicted molar refractivity (Wildman–Crippen MR) is 56.4 cm³/mol. The number of nitrogens with zero attached hydrogens (tertiary/aromatic N) is 3.